The summed E-state index contributed by atoms with van der Waals surface area (Å²) < 4.78 is 78.5. The van der Waals surface area contributed by atoms with E-state index in [0.29, 0.717) is 34.8 Å². The van der Waals surface area contributed by atoms with Gasteiger partial charge in [0.2, 0.25) is 11.9 Å². The Kier molecular flexibility index (Phi) is 9.36. The van der Waals surface area contributed by atoms with E-state index < -0.39 is 49.1 Å². The quantitative estimate of drug-likeness (QED) is 0.363. The average Bonchev–Trinajstić information content (AvgIpc) is 3.20. The van der Waals surface area contributed by atoms with Gasteiger partial charge < -0.3 is 30.6 Å². The van der Waals surface area contributed by atoms with Crippen LogP contribution in [0.1, 0.15) is 23.2 Å². The lowest BCUT2D eigenvalue weighted by molar-refractivity contribution is -0.192. The Labute approximate surface area is 222 Å². The molecule has 220 valence electrons. The molecule has 0 saturated heterocycles. The van der Waals surface area contributed by atoms with Gasteiger partial charge in [-0.25, -0.2) is 14.5 Å². The number of halogens is 6. The molecule has 0 aliphatic carbocycles. The van der Waals surface area contributed by atoms with Crippen molar-refractivity contribution >= 4 is 23.8 Å². The van der Waals surface area contributed by atoms with Gasteiger partial charge in [-0.3, -0.25) is 9.59 Å². The van der Waals surface area contributed by atoms with Crippen LogP contribution in [0.15, 0.2) is 24.4 Å². The number of alkyl halides is 6. The van der Waals surface area contributed by atoms with E-state index in [1.165, 1.54) is 0 Å². The molecule has 3 heterocycles. The van der Waals surface area contributed by atoms with Crippen LogP contribution in [0.25, 0.3) is 0 Å². The second-order valence-corrected chi connectivity index (χ2v) is 8.90. The number of ether oxygens (including phenoxy) is 1. The minimum absolute atomic E-state index is 0.0648. The van der Waals surface area contributed by atoms with E-state index in [4.69, 9.17) is 19.7 Å². The highest BCUT2D eigenvalue weighted by Crippen LogP contribution is 2.30. The highest BCUT2D eigenvalue weighted by atomic mass is 19.4. The number of nitrogens with one attached hydrogen (secondary N) is 2. The number of hydrogen-bond acceptors (Lipinski definition) is 7. The molecule has 1 aromatic carbocycles. The fourth-order valence-corrected chi connectivity index (χ4v) is 4.07. The Bertz CT molecular complexity index is 1210. The van der Waals surface area contributed by atoms with E-state index in [2.05, 4.69) is 15.7 Å². The van der Waals surface area contributed by atoms with Crippen molar-refractivity contribution in [1.29, 1.82) is 0 Å². The van der Waals surface area contributed by atoms with E-state index in [-0.39, 0.29) is 13.0 Å². The molecule has 4 rings (SSSR count). The number of hydrogen-bond donors (Lipinski definition) is 4. The maximum absolute atomic E-state index is 13.1. The van der Waals surface area contributed by atoms with Crippen LogP contribution in [0.5, 0.6) is 5.75 Å². The molecule has 17 heteroatoms. The average molecular weight is 581 g/mol. The molecule has 4 N–H and O–H groups in total. The largest absolute Gasteiger partial charge is 0.493 e. The number of fused-ring (bicyclic) bond motifs is 2. The van der Waals surface area contributed by atoms with Crippen LogP contribution in [-0.2, 0) is 33.8 Å². The summed E-state index contributed by atoms with van der Waals surface area (Å²) in [6, 6.07) is 4.99. The smallest absolute Gasteiger partial charge is 0.490 e. The second kappa shape index (κ2) is 12.3. The molecule has 2 aliphatic rings. The summed E-state index contributed by atoms with van der Waals surface area (Å²) in [5, 5.41) is 19.4. The SMILES string of the molecule is O=C(O)C(F)(F)F.O=C(O)CC1Cc2ccc(OCCc3cn4c(n3)NCCN4)cc2CN(CC(F)(F)F)C1=O. The summed E-state index contributed by atoms with van der Waals surface area (Å²) in [6.45, 7) is 0.187. The van der Waals surface area contributed by atoms with E-state index >= 15 is 0 Å². The molecule has 2 aromatic rings. The first-order valence-electron chi connectivity index (χ1n) is 11.8. The zero-order valence-electron chi connectivity index (χ0n) is 20.7. The van der Waals surface area contributed by atoms with Crippen molar-refractivity contribution in [2.75, 3.05) is 37.0 Å². The maximum atomic E-state index is 13.1. The number of aliphatic carboxylic acids is 2. The number of nitrogens with zero attached hydrogens (tertiary/aromatic N) is 3. The predicted octanol–water partition coefficient (Wildman–Crippen LogP) is 2.64. The lowest BCUT2D eigenvalue weighted by atomic mass is 9.94. The Hall–Kier alpha value is -4.18. The normalized spacial score (nSPS) is 16.8. The minimum Gasteiger partial charge on any atom is -0.493 e. The summed E-state index contributed by atoms with van der Waals surface area (Å²) in [6.07, 6.45) is -7.74. The summed E-state index contributed by atoms with van der Waals surface area (Å²) in [4.78, 5) is 37.8. The Morgan fingerprint density at radius 3 is 2.40 bits per heavy atom. The van der Waals surface area contributed by atoms with Gasteiger partial charge in [-0.1, -0.05) is 6.07 Å². The van der Waals surface area contributed by atoms with Gasteiger partial charge in [0.1, 0.15) is 12.3 Å². The van der Waals surface area contributed by atoms with Gasteiger partial charge in [0.05, 0.1) is 30.8 Å². The first-order valence-corrected chi connectivity index (χ1v) is 11.8. The number of benzene rings is 1. The predicted molar refractivity (Wildman–Crippen MR) is 125 cm³/mol. The molecular weight excluding hydrogens is 556 g/mol. The van der Waals surface area contributed by atoms with Gasteiger partial charge in [0.15, 0.2) is 0 Å². The number of amides is 1. The lowest BCUT2D eigenvalue weighted by Crippen LogP contribution is -2.41. The molecule has 1 amide bonds. The number of carboxylic acid groups (broad SMARTS) is 2. The van der Waals surface area contributed by atoms with Crippen LogP contribution in [0.4, 0.5) is 32.3 Å². The van der Waals surface area contributed by atoms with Gasteiger partial charge in [0.25, 0.3) is 0 Å². The lowest BCUT2D eigenvalue weighted by Gasteiger charge is -2.25. The third-order valence-corrected chi connectivity index (χ3v) is 5.77. The highest BCUT2D eigenvalue weighted by molar-refractivity contribution is 5.84. The summed E-state index contributed by atoms with van der Waals surface area (Å²) in [5.74, 6) is -4.65. The molecule has 1 unspecified atom stereocenters. The topological polar surface area (TPSA) is 146 Å². The first-order chi connectivity index (χ1) is 18.6. The van der Waals surface area contributed by atoms with Gasteiger partial charge in [-0.2, -0.15) is 26.3 Å². The van der Waals surface area contributed by atoms with E-state index in [1.54, 1.807) is 22.9 Å². The Balaban J connectivity index is 0.000000559. The van der Waals surface area contributed by atoms with Crippen molar-refractivity contribution in [3.8, 4) is 5.75 Å². The molecule has 1 aromatic heterocycles. The molecule has 0 saturated carbocycles. The fourth-order valence-electron chi connectivity index (χ4n) is 4.07. The standard InChI is InChI=1S/C21H24F3N5O4.C2HF3O2/c22-21(23,24)12-28-10-15-8-17(2-1-13(15)7-14(19(28)32)9-18(30)31)33-6-3-16-11-29-20(27-16)25-4-5-26-29;3-2(4,5)1(6)7/h1-2,8,11,14,26H,3-7,9-10,12H2,(H,25,27)(H,30,31);(H,6,7). The second-order valence-electron chi connectivity index (χ2n) is 8.90. The third kappa shape index (κ3) is 8.67. The molecule has 0 radical (unpaired) electrons. The number of anilines is 1. The molecule has 2 aliphatic heterocycles. The van der Waals surface area contributed by atoms with Crippen LogP contribution in [-0.4, -0.2) is 81.2 Å². The van der Waals surface area contributed by atoms with Gasteiger partial charge >= 0.3 is 24.3 Å². The van der Waals surface area contributed by atoms with Crippen LogP contribution < -0.4 is 15.5 Å². The van der Waals surface area contributed by atoms with Crippen LogP contribution in [0.2, 0.25) is 0 Å². The van der Waals surface area contributed by atoms with Crippen LogP contribution in [0.3, 0.4) is 0 Å². The number of carbonyl (C=O) groups is 3. The Morgan fingerprint density at radius 1 is 1.10 bits per heavy atom. The van der Waals surface area contributed by atoms with Crippen molar-refractivity contribution < 1.29 is 55.7 Å². The zero-order chi connectivity index (χ0) is 29.7. The van der Waals surface area contributed by atoms with Crippen LogP contribution in [0, 0.1) is 5.92 Å². The fraction of sp³-hybridized carbons (Fsp3) is 0.478. The molecule has 0 spiro atoms. The molecule has 40 heavy (non-hydrogen) atoms. The number of carboxylic acids is 2. The van der Waals surface area contributed by atoms with Crippen molar-refractivity contribution in [1.82, 2.24) is 14.6 Å². The first kappa shape index (κ1) is 30.4. The maximum Gasteiger partial charge on any atom is 0.490 e. The number of rotatable bonds is 7. The monoisotopic (exact) mass is 581 g/mol. The highest BCUT2D eigenvalue weighted by Gasteiger charge is 2.39. The van der Waals surface area contributed by atoms with E-state index in [0.717, 1.165) is 24.7 Å². The molecule has 0 fully saturated rings. The van der Waals surface area contributed by atoms with E-state index in [1.807, 2.05) is 6.20 Å². The van der Waals surface area contributed by atoms with Crippen LogP contribution >= 0.6 is 0 Å². The molecule has 11 nitrogen and oxygen atoms in total. The van der Waals surface area contributed by atoms with Gasteiger partial charge in [0, 0.05) is 26.1 Å². The summed E-state index contributed by atoms with van der Waals surface area (Å²) >= 11 is 0. The summed E-state index contributed by atoms with van der Waals surface area (Å²) in [7, 11) is 0. The molecular formula is C23H25F6N5O6. The minimum atomic E-state index is -5.08. The van der Waals surface area contributed by atoms with Crippen molar-refractivity contribution in [2.45, 2.75) is 38.2 Å². The number of carbonyl (C=O) groups excluding carboxylic acids is 1. The summed E-state index contributed by atoms with van der Waals surface area (Å²) in [5.41, 5.74) is 5.15. The van der Waals surface area contributed by atoms with Crippen molar-refractivity contribution in [2.24, 2.45) is 5.92 Å². The zero-order valence-corrected chi connectivity index (χ0v) is 20.7. The molecule has 0 bridgehead atoms. The van der Waals surface area contributed by atoms with Crippen molar-refractivity contribution in [3.05, 3.63) is 41.2 Å². The van der Waals surface area contributed by atoms with Crippen molar-refractivity contribution in [3.63, 3.8) is 0 Å². The Morgan fingerprint density at radius 2 is 1.80 bits per heavy atom. The van der Waals surface area contributed by atoms with E-state index in [9.17, 15) is 35.9 Å². The molecule has 1 atom stereocenters. The van der Waals surface area contributed by atoms with Gasteiger partial charge in [-0.05, 0) is 29.7 Å². The number of aromatic nitrogens is 2. The third-order valence-electron chi connectivity index (χ3n) is 5.77. The van der Waals surface area contributed by atoms with Gasteiger partial charge in [-0.15, -0.1) is 0 Å². The number of imidazole rings is 1.